The van der Waals surface area contributed by atoms with Gasteiger partial charge < -0.3 is 4.57 Å². The van der Waals surface area contributed by atoms with Gasteiger partial charge in [-0.1, -0.05) is 12.1 Å². The predicted octanol–water partition coefficient (Wildman–Crippen LogP) is 1.85. The smallest absolute Gasteiger partial charge is 0.269 e. The number of non-ortho nitro benzene ring substituents is 1. The Kier molecular flexibility index (Phi) is 3.00. The molecule has 1 unspecified atom stereocenters. The zero-order valence-corrected chi connectivity index (χ0v) is 7.42. The predicted molar refractivity (Wildman–Crippen MR) is 47.2 cm³/mol. The van der Waals surface area contributed by atoms with E-state index in [9.17, 15) is 14.7 Å². The summed E-state index contributed by atoms with van der Waals surface area (Å²) >= 11 is 0. The van der Waals surface area contributed by atoms with Crippen LogP contribution in [0.25, 0.3) is 0 Å². The van der Waals surface area contributed by atoms with E-state index in [1.54, 1.807) is 12.1 Å². The summed E-state index contributed by atoms with van der Waals surface area (Å²) < 4.78 is 10.3. The highest BCUT2D eigenvalue weighted by molar-refractivity contribution is 7.22. The lowest BCUT2D eigenvalue weighted by molar-refractivity contribution is -0.384. The average molecular weight is 185 g/mol. The Balaban J connectivity index is 2.85. The van der Waals surface area contributed by atoms with Crippen molar-refractivity contribution in [3.05, 3.63) is 39.9 Å². The van der Waals surface area contributed by atoms with Crippen molar-refractivity contribution in [2.45, 2.75) is 6.16 Å². The summed E-state index contributed by atoms with van der Waals surface area (Å²) in [7, 11) is -0.815. The number of rotatable bonds is 3. The first kappa shape index (κ1) is 8.94. The second-order valence-corrected chi connectivity index (χ2v) is 3.04. The molecule has 0 aliphatic rings. The summed E-state index contributed by atoms with van der Waals surface area (Å²) in [5.74, 6) is 0. The fourth-order valence-corrected chi connectivity index (χ4v) is 1.31. The van der Waals surface area contributed by atoms with E-state index in [2.05, 4.69) is 0 Å². The molecule has 12 heavy (non-hydrogen) atoms. The van der Waals surface area contributed by atoms with E-state index in [1.807, 2.05) is 0 Å². The summed E-state index contributed by atoms with van der Waals surface area (Å²) in [6.45, 7) is 0. The van der Waals surface area contributed by atoms with Crippen LogP contribution in [0.1, 0.15) is 5.56 Å². The molecule has 0 aliphatic carbocycles. The van der Waals surface area contributed by atoms with Gasteiger partial charge in [0.15, 0.2) is 0 Å². The summed E-state index contributed by atoms with van der Waals surface area (Å²) in [5, 5.41) is 10.2. The number of nitro benzene ring substituents is 1. The van der Waals surface area contributed by atoms with Crippen LogP contribution in [0.5, 0.6) is 0 Å². The van der Waals surface area contributed by atoms with Crippen molar-refractivity contribution in [3.63, 3.8) is 0 Å². The minimum atomic E-state index is -0.815. The second kappa shape index (κ2) is 4.02. The summed E-state index contributed by atoms with van der Waals surface area (Å²) in [4.78, 5) is 9.77. The van der Waals surface area contributed by atoms with Crippen molar-refractivity contribution in [2.24, 2.45) is 0 Å². The molecule has 1 atom stereocenters. The third-order valence-electron chi connectivity index (χ3n) is 1.47. The number of nitro groups is 1. The van der Waals surface area contributed by atoms with Gasteiger partial charge in [-0.05, 0) is 5.56 Å². The zero-order valence-electron chi connectivity index (χ0n) is 6.27. The Morgan fingerprint density at radius 3 is 2.33 bits per heavy atom. The molecular formula is C7H8NO3P. The van der Waals surface area contributed by atoms with Crippen LogP contribution in [0, 0.1) is 10.1 Å². The van der Waals surface area contributed by atoms with Crippen molar-refractivity contribution < 1.29 is 9.49 Å². The molecule has 0 fully saturated rings. The van der Waals surface area contributed by atoms with Gasteiger partial charge in [-0.15, -0.1) is 0 Å². The fraction of sp³-hybridized carbons (Fsp3) is 0.143. The minimum absolute atomic E-state index is 0.0691. The van der Waals surface area contributed by atoms with Gasteiger partial charge in [0.05, 0.1) is 13.4 Å². The maximum absolute atomic E-state index is 10.3. The number of benzene rings is 1. The zero-order chi connectivity index (χ0) is 8.97. The van der Waals surface area contributed by atoms with Crippen LogP contribution in [-0.2, 0) is 10.7 Å². The van der Waals surface area contributed by atoms with E-state index in [0.29, 0.717) is 6.16 Å². The molecule has 0 saturated heterocycles. The monoisotopic (exact) mass is 185 g/mol. The van der Waals surface area contributed by atoms with Crippen LogP contribution in [0.15, 0.2) is 24.3 Å². The Labute approximate surface area is 70.6 Å². The van der Waals surface area contributed by atoms with Crippen LogP contribution in [-0.4, -0.2) is 4.92 Å². The maximum Gasteiger partial charge on any atom is 0.269 e. The number of hydrogen-bond donors (Lipinski definition) is 0. The minimum Gasteiger partial charge on any atom is -0.330 e. The number of nitrogens with zero attached hydrogens (tertiary/aromatic N) is 1. The quantitative estimate of drug-likeness (QED) is 0.410. The molecule has 0 saturated carbocycles. The van der Waals surface area contributed by atoms with Gasteiger partial charge in [-0.25, -0.2) is 0 Å². The topological polar surface area (TPSA) is 60.2 Å². The van der Waals surface area contributed by atoms with Gasteiger partial charge >= 0.3 is 0 Å². The molecule has 0 aliphatic heterocycles. The molecular weight excluding hydrogens is 177 g/mol. The van der Waals surface area contributed by atoms with Crippen LogP contribution >= 0.6 is 8.46 Å². The molecule has 1 rings (SSSR count). The normalized spacial score (nSPS) is 10.7. The Bertz CT molecular complexity index is 296. The van der Waals surface area contributed by atoms with Crippen LogP contribution in [0.2, 0.25) is 0 Å². The van der Waals surface area contributed by atoms with Crippen LogP contribution < -0.4 is 0 Å². The molecule has 1 aromatic carbocycles. The Morgan fingerprint density at radius 1 is 1.33 bits per heavy atom. The first-order valence-corrected chi connectivity index (χ1v) is 4.70. The van der Waals surface area contributed by atoms with E-state index in [-0.39, 0.29) is 5.69 Å². The Hall–Kier alpha value is -1.15. The van der Waals surface area contributed by atoms with E-state index in [4.69, 9.17) is 0 Å². The van der Waals surface area contributed by atoms with Crippen LogP contribution in [0.4, 0.5) is 5.69 Å². The molecule has 64 valence electrons. The highest BCUT2D eigenvalue weighted by Crippen LogP contribution is 2.14. The summed E-state index contributed by atoms with van der Waals surface area (Å²) in [5.41, 5.74) is 0.949. The first-order chi connectivity index (χ1) is 5.74. The molecule has 4 nitrogen and oxygen atoms in total. The van der Waals surface area contributed by atoms with Gasteiger partial charge in [-0.3, -0.25) is 10.1 Å². The van der Waals surface area contributed by atoms with Crippen molar-refractivity contribution in [2.75, 3.05) is 0 Å². The van der Waals surface area contributed by atoms with E-state index in [1.165, 1.54) is 12.1 Å². The SMILES string of the molecule is O=[PH2]Cc1ccc([N+](=O)[O-])cc1. The largest absolute Gasteiger partial charge is 0.330 e. The standard InChI is InChI=1S/C7H8NO3P/c9-8(10)7-3-1-6(2-4-7)5-12-11/h1-4H,5,12H2. The molecule has 1 aromatic rings. The van der Waals surface area contributed by atoms with Crippen molar-refractivity contribution in [3.8, 4) is 0 Å². The lowest BCUT2D eigenvalue weighted by atomic mass is 10.2. The number of hydrogen-bond acceptors (Lipinski definition) is 3. The summed E-state index contributed by atoms with van der Waals surface area (Å²) in [6.07, 6.45) is 0.512. The second-order valence-electron chi connectivity index (χ2n) is 2.29. The van der Waals surface area contributed by atoms with Crippen molar-refractivity contribution >= 4 is 14.1 Å². The molecule has 0 spiro atoms. The third-order valence-corrected chi connectivity index (χ3v) is 2.10. The third kappa shape index (κ3) is 2.17. The molecule has 0 bridgehead atoms. The Morgan fingerprint density at radius 2 is 1.92 bits per heavy atom. The molecule has 0 heterocycles. The molecule has 0 N–H and O–H groups in total. The van der Waals surface area contributed by atoms with E-state index >= 15 is 0 Å². The van der Waals surface area contributed by atoms with Gasteiger partial charge in [0, 0.05) is 18.3 Å². The van der Waals surface area contributed by atoms with Gasteiger partial charge in [-0.2, -0.15) is 0 Å². The summed E-state index contributed by atoms with van der Waals surface area (Å²) in [6, 6.07) is 6.10. The first-order valence-electron chi connectivity index (χ1n) is 3.41. The fourth-order valence-electron chi connectivity index (χ4n) is 0.850. The molecule has 0 radical (unpaired) electrons. The van der Waals surface area contributed by atoms with Crippen LogP contribution in [0.3, 0.4) is 0 Å². The maximum atomic E-state index is 10.3. The lowest BCUT2D eigenvalue weighted by Crippen LogP contribution is -1.87. The van der Waals surface area contributed by atoms with Crippen molar-refractivity contribution in [1.82, 2.24) is 0 Å². The van der Waals surface area contributed by atoms with E-state index in [0.717, 1.165) is 5.56 Å². The molecule has 0 amide bonds. The highest BCUT2D eigenvalue weighted by atomic mass is 31.1. The molecule has 5 heteroatoms. The highest BCUT2D eigenvalue weighted by Gasteiger charge is 2.02. The van der Waals surface area contributed by atoms with Gasteiger partial charge in [0.25, 0.3) is 5.69 Å². The van der Waals surface area contributed by atoms with E-state index < -0.39 is 13.4 Å². The van der Waals surface area contributed by atoms with Gasteiger partial charge in [0.2, 0.25) is 0 Å². The van der Waals surface area contributed by atoms with Gasteiger partial charge in [0.1, 0.15) is 0 Å². The van der Waals surface area contributed by atoms with Crippen molar-refractivity contribution in [1.29, 1.82) is 0 Å². The lowest BCUT2D eigenvalue weighted by Gasteiger charge is -1.93. The molecule has 0 aromatic heterocycles. The average Bonchev–Trinajstić information content (AvgIpc) is 2.06.